The van der Waals surface area contributed by atoms with Crippen LogP contribution in [0.3, 0.4) is 0 Å². The lowest BCUT2D eigenvalue weighted by atomic mass is 10.8. The van der Waals surface area contributed by atoms with Crippen molar-refractivity contribution in [2.24, 2.45) is 0 Å². The maximum atomic E-state index is 12.8. The van der Waals surface area contributed by atoms with Gasteiger partial charge in [-0.1, -0.05) is 0 Å². The summed E-state index contributed by atoms with van der Waals surface area (Å²) in [6.45, 7) is -1.85. The van der Waals surface area contributed by atoms with E-state index in [0.29, 0.717) is 0 Å². The molecule has 0 rings (SSSR count). The molecule has 0 bridgehead atoms. The number of hydrogen-bond acceptors (Lipinski definition) is 3. The molecule has 0 aliphatic rings. The van der Waals surface area contributed by atoms with Crippen LogP contribution in [0.1, 0.15) is 0 Å². The molecule has 0 saturated heterocycles. The predicted octanol–water partition coefficient (Wildman–Crippen LogP) is 1.01. The zero-order valence-electron chi connectivity index (χ0n) is 7.07. The van der Waals surface area contributed by atoms with Crippen LogP contribution in [0.25, 0.3) is 0 Å². The third-order valence-corrected chi connectivity index (χ3v) is 4.06. The summed E-state index contributed by atoms with van der Waals surface area (Å²) in [7, 11) is -1.15. The molecule has 0 heterocycles. The third-order valence-electron chi connectivity index (χ3n) is 1.42. The van der Waals surface area contributed by atoms with E-state index in [1.165, 1.54) is 0 Å². The molecule has 7 heteroatoms. The third kappa shape index (κ3) is 1.79. The molecule has 0 amide bonds. The highest BCUT2D eigenvalue weighted by molar-refractivity contribution is 6.63. The highest BCUT2D eigenvalue weighted by Gasteiger charge is 2.63. The fraction of sp³-hybridized carbons (Fsp3) is 1.00. The molecule has 0 aromatic carbocycles. The molecule has 0 aliphatic carbocycles. The summed E-state index contributed by atoms with van der Waals surface area (Å²) in [6.07, 6.45) is 0. The van der Waals surface area contributed by atoms with Gasteiger partial charge in [-0.3, -0.25) is 0 Å². The molecule has 0 unspecified atom stereocenters. The zero-order chi connectivity index (χ0) is 9.83. The first-order chi connectivity index (χ1) is 5.49. The van der Waals surface area contributed by atoms with Gasteiger partial charge in [0.25, 0.3) is 0 Å². The Morgan fingerprint density at radius 3 is 1.50 bits per heavy atom. The van der Waals surface area contributed by atoms with E-state index >= 15 is 0 Å². The van der Waals surface area contributed by atoms with Crippen LogP contribution in [0.2, 0.25) is 0 Å². The van der Waals surface area contributed by atoms with Gasteiger partial charge in [0.2, 0.25) is 0 Å². The summed E-state index contributed by atoms with van der Waals surface area (Å²) in [5.41, 5.74) is -3.69. The lowest BCUT2D eigenvalue weighted by Gasteiger charge is -2.29. The van der Waals surface area contributed by atoms with Gasteiger partial charge in [0.15, 0.2) is 6.67 Å². The second-order valence-corrected chi connectivity index (χ2v) is 5.08. The Balaban J connectivity index is 4.69. The topological polar surface area (TPSA) is 27.7 Å². The van der Waals surface area contributed by atoms with Crippen molar-refractivity contribution in [3.05, 3.63) is 0 Å². The molecule has 0 aromatic rings. The zero-order valence-corrected chi connectivity index (χ0v) is 8.07. The quantitative estimate of drug-likeness (QED) is 0.625. The first kappa shape index (κ1) is 11.9. The summed E-state index contributed by atoms with van der Waals surface area (Å²) in [4.78, 5) is 0. The van der Waals surface area contributed by atoms with E-state index in [1.54, 1.807) is 0 Å². The summed E-state index contributed by atoms with van der Waals surface area (Å²) in [6, 6.07) is 0. The van der Waals surface area contributed by atoms with Crippen LogP contribution in [0, 0.1) is 0 Å². The van der Waals surface area contributed by atoms with E-state index in [1.807, 2.05) is 0 Å². The monoisotopic (exact) mass is 204 g/mol. The number of halogens is 3. The summed E-state index contributed by atoms with van der Waals surface area (Å²) >= 11 is 0. The standard InChI is InChI=1S/C5H11F3O3Si/c1-9-12(10-2,11-3)5(7,8)4-6/h4H2,1-3H3. The van der Waals surface area contributed by atoms with Gasteiger partial charge < -0.3 is 13.3 Å². The second-order valence-electron chi connectivity index (χ2n) is 2.01. The van der Waals surface area contributed by atoms with Gasteiger partial charge in [-0.25, -0.2) is 4.39 Å². The fourth-order valence-electron chi connectivity index (χ4n) is 0.780. The Bertz CT molecular complexity index is 132. The molecular formula is C5H11F3O3Si. The molecule has 74 valence electrons. The van der Waals surface area contributed by atoms with Crippen molar-refractivity contribution in [1.29, 1.82) is 0 Å². The van der Waals surface area contributed by atoms with Gasteiger partial charge >= 0.3 is 14.4 Å². The van der Waals surface area contributed by atoms with E-state index < -0.39 is 21.0 Å². The van der Waals surface area contributed by atoms with Crippen molar-refractivity contribution in [3.8, 4) is 0 Å². The number of hydrogen-bond donors (Lipinski definition) is 0. The first-order valence-corrected chi connectivity index (χ1v) is 4.81. The maximum Gasteiger partial charge on any atom is 0.576 e. The molecule has 3 nitrogen and oxygen atoms in total. The van der Waals surface area contributed by atoms with Crippen LogP contribution in [0.5, 0.6) is 0 Å². The van der Waals surface area contributed by atoms with Crippen molar-refractivity contribution in [2.75, 3.05) is 28.0 Å². The average molecular weight is 204 g/mol. The Morgan fingerprint density at radius 2 is 1.42 bits per heavy atom. The van der Waals surface area contributed by atoms with Crippen LogP contribution in [-0.4, -0.2) is 42.4 Å². The fourth-order valence-corrected chi connectivity index (χ4v) is 2.34. The normalized spacial score (nSPS) is 13.5. The SMILES string of the molecule is CO[Si](OC)(OC)C(F)(F)CF. The van der Waals surface area contributed by atoms with Crippen molar-refractivity contribution in [2.45, 2.75) is 5.55 Å². The highest BCUT2D eigenvalue weighted by atomic mass is 28.4. The second kappa shape index (κ2) is 4.22. The summed E-state index contributed by atoms with van der Waals surface area (Å²) in [5.74, 6) is 0. The Labute approximate surface area is 69.8 Å². The minimum Gasteiger partial charge on any atom is -0.373 e. The average Bonchev–Trinajstić information content (AvgIpc) is 2.08. The van der Waals surface area contributed by atoms with Gasteiger partial charge in [-0.15, -0.1) is 0 Å². The van der Waals surface area contributed by atoms with E-state index in [2.05, 4.69) is 13.3 Å². The lowest BCUT2D eigenvalue weighted by molar-refractivity contribution is -0.0438. The summed E-state index contributed by atoms with van der Waals surface area (Å²) < 4.78 is 50.6. The molecule has 0 spiro atoms. The van der Waals surface area contributed by atoms with E-state index in [0.717, 1.165) is 21.3 Å². The molecule has 0 fully saturated rings. The largest absolute Gasteiger partial charge is 0.576 e. The predicted molar refractivity (Wildman–Crippen MR) is 37.7 cm³/mol. The van der Waals surface area contributed by atoms with Crippen LogP contribution in [0.4, 0.5) is 13.2 Å². The van der Waals surface area contributed by atoms with Crippen molar-refractivity contribution >= 4 is 8.80 Å². The Hall–Kier alpha value is -0.113. The van der Waals surface area contributed by atoms with Crippen molar-refractivity contribution in [1.82, 2.24) is 0 Å². The van der Waals surface area contributed by atoms with Crippen molar-refractivity contribution < 1.29 is 26.4 Å². The Morgan fingerprint density at radius 1 is 1.08 bits per heavy atom. The van der Waals surface area contributed by atoms with Crippen molar-refractivity contribution in [3.63, 3.8) is 0 Å². The van der Waals surface area contributed by atoms with E-state index in [4.69, 9.17) is 0 Å². The molecule has 12 heavy (non-hydrogen) atoms. The molecule has 0 radical (unpaired) electrons. The number of alkyl halides is 3. The molecule has 0 atom stereocenters. The Kier molecular flexibility index (Phi) is 4.18. The molecule has 0 N–H and O–H groups in total. The molecule has 0 aromatic heterocycles. The molecule has 0 saturated carbocycles. The van der Waals surface area contributed by atoms with Crippen LogP contribution in [0.15, 0.2) is 0 Å². The highest BCUT2D eigenvalue weighted by Crippen LogP contribution is 2.29. The van der Waals surface area contributed by atoms with Gasteiger partial charge in [-0.2, -0.15) is 8.78 Å². The summed E-state index contributed by atoms with van der Waals surface area (Å²) in [5, 5.41) is 0. The van der Waals surface area contributed by atoms with Crippen LogP contribution < -0.4 is 0 Å². The smallest absolute Gasteiger partial charge is 0.373 e. The van der Waals surface area contributed by atoms with Gasteiger partial charge in [0.1, 0.15) is 0 Å². The van der Waals surface area contributed by atoms with Crippen LogP contribution in [-0.2, 0) is 13.3 Å². The minimum atomic E-state index is -4.15. The van der Waals surface area contributed by atoms with Gasteiger partial charge in [0.05, 0.1) is 0 Å². The maximum absolute atomic E-state index is 12.8. The first-order valence-electron chi connectivity index (χ1n) is 3.09. The molecular weight excluding hydrogens is 193 g/mol. The van der Waals surface area contributed by atoms with Gasteiger partial charge in [-0.05, 0) is 0 Å². The van der Waals surface area contributed by atoms with Crippen LogP contribution >= 0.6 is 0 Å². The minimum absolute atomic E-state index is 1.00. The lowest BCUT2D eigenvalue weighted by Crippen LogP contribution is -2.60. The van der Waals surface area contributed by atoms with E-state index in [-0.39, 0.29) is 0 Å². The van der Waals surface area contributed by atoms with Gasteiger partial charge in [0, 0.05) is 21.3 Å². The van der Waals surface area contributed by atoms with E-state index in [9.17, 15) is 13.2 Å². The number of rotatable bonds is 5. The molecule has 0 aliphatic heterocycles.